The van der Waals surface area contributed by atoms with Gasteiger partial charge in [0.15, 0.2) is 5.76 Å². The maximum absolute atomic E-state index is 13.7. The Hall–Kier alpha value is -4.25. The summed E-state index contributed by atoms with van der Waals surface area (Å²) in [7, 11) is 0. The van der Waals surface area contributed by atoms with Crippen molar-refractivity contribution in [2.45, 2.75) is 92.9 Å². The number of hydrogen-bond acceptors (Lipinski definition) is 7. The molecule has 0 aliphatic heterocycles. The number of aliphatic hydroxyl groups is 1. The van der Waals surface area contributed by atoms with Crippen molar-refractivity contribution in [1.29, 1.82) is 5.26 Å². The third-order valence-electron chi connectivity index (χ3n) is 13.7. The van der Waals surface area contributed by atoms with E-state index in [0.29, 0.717) is 17.6 Å². The first-order chi connectivity index (χ1) is 23.5. The molecule has 6 rings (SSSR count). The predicted octanol–water partition coefficient (Wildman–Crippen LogP) is 8.84. The van der Waals surface area contributed by atoms with E-state index in [-0.39, 0.29) is 63.9 Å². The number of esters is 2. The SMILES string of the molecule is CC1=C(O)C(=O)C=C2C1=CC=C1[C@@]2(C)CC[C@@]2(C)[C@@H]3C[C@](C)(C(=O)OCCCOC(=O)C=C(C#N)c4ccc(F)cc4)CC[C@]3(C)CC[C@]12C. The first kappa shape index (κ1) is 35.6. The molecule has 0 saturated heterocycles. The highest BCUT2D eigenvalue weighted by Crippen LogP contribution is 2.75. The lowest BCUT2D eigenvalue weighted by Crippen LogP contribution is -2.62. The first-order valence-corrected chi connectivity index (χ1v) is 17.8. The Morgan fingerprint density at radius 2 is 1.66 bits per heavy atom. The van der Waals surface area contributed by atoms with Crippen molar-refractivity contribution in [3.63, 3.8) is 0 Å². The van der Waals surface area contributed by atoms with Crippen LogP contribution in [0.3, 0.4) is 0 Å². The van der Waals surface area contributed by atoms with Crippen molar-refractivity contribution in [1.82, 2.24) is 0 Å². The molecule has 0 aromatic heterocycles. The van der Waals surface area contributed by atoms with E-state index in [9.17, 15) is 29.1 Å². The van der Waals surface area contributed by atoms with Crippen LogP contribution in [-0.2, 0) is 23.9 Å². The summed E-state index contributed by atoms with van der Waals surface area (Å²) in [6, 6.07) is 7.23. The molecule has 5 aliphatic rings. The van der Waals surface area contributed by atoms with Gasteiger partial charge in [0.25, 0.3) is 0 Å². The van der Waals surface area contributed by atoms with Crippen LogP contribution in [0.4, 0.5) is 4.39 Å². The van der Waals surface area contributed by atoms with Gasteiger partial charge in [-0.1, -0.05) is 57.6 Å². The van der Waals surface area contributed by atoms with Crippen molar-refractivity contribution in [3.05, 3.63) is 88.0 Å². The lowest BCUT2D eigenvalue weighted by molar-refractivity contribution is -0.182. The summed E-state index contributed by atoms with van der Waals surface area (Å²) in [6.07, 6.45) is 13.8. The van der Waals surface area contributed by atoms with Gasteiger partial charge in [0.05, 0.1) is 24.2 Å². The molecule has 7 nitrogen and oxygen atoms in total. The summed E-state index contributed by atoms with van der Waals surface area (Å²) in [6.45, 7) is 13.5. The number of carbonyl (C=O) groups is 3. The maximum Gasteiger partial charge on any atom is 0.332 e. The van der Waals surface area contributed by atoms with Gasteiger partial charge in [-0.2, -0.15) is 5.26 Å². The molecule has 1 aromatic rings. The number of allylic oxidation sites excluding steroid dienone is 8. The minimum atomic E-state index is -0.691. The molecule has 0 unspecified atom stereocenters. The number of halogens is 1. The smallest absolute Gasteiger partial charge is 0.332 e. The van der Waals surface area contributed by atoms with E-state index in [1.165, 1.54) is 29.8 Å². The molecule has 264 valence electrons. The summed E-state index contributed by atoms with van der Waals surface area (Å²) < 4.78 is 24.3. The molecule has 0 radical (unpaired) electrons. The van der Waals surface area contributed by atoms with E-state index in [1.54, 1.807) is 6.08 Å². The van der Waals surface area contributed by atoms with E-state index >= 15 is 0 Å². The highest BCUT2D eigenvalue weighted by atomic mass is 19.1. The number of rotatable bonds is 7. The Morgan fingerprint density at radius 1 is 0.980 bits per heavy atom. The minimum absolute atomic E-state index is 0.0274. The lowest BCUT2D eigenvalue weighted by Gasteiger charge is -2.70. The monoisotopic (exact) mass is 681 g/mol. The van der Waals surface area contributed by atoms with Crippen LogP contribution in [0.15, 0.2) is 76.6 Å². The van der Waals surface area contributed by atoms with Crippen molar-refractivity contribution in [3.8, 4) is 6.07 Å². The average Bonchev–Trinajstić information content (AvgIpc) is 3.08. The molecule has 1 aromatic carbocycles. The van der Waals surface area contributed by atoms with Gasteiger partial charge in [-0.15, -0.1) is 0 Å². The highest BCUT2D eigenvalue weighted by Gasteiger charge is 2.67. The Balaban J connectivity index is 1.12. The Bertz CT molecular complexity index is 1840. The van der Waals surface area contributed by atoms with Crippen LogP contribution in [0.5, 0.6) is 0 Å². The van der Waals surface area contributed by atoms with Crippen LogP contribution in [-0.4, -0.2) is 36.0 Å². The summed E-state index contributed by atoms with van der Waals surface area (Å²) in [5.41, 5.74) is 3.39. The van der Waals surface area contributed by atoms with E-state index in [0.717, 1.165) is 62.2 Å². The number of nitriles is 1. The van der Waals surface area contributed by atoms with E-state index < -0.39 is 17.2 Å². The van der Waals surface area contributed by atoms with Gasteiger partial charge in [-0.25, -0.2) is 9.18 Å². The van der Waals surface area contributed by atoms with Gasteiger partial charge in [-0.3, -0.25) is 9.59 Å². The van der Waals surface area contributed by atoms with Crippen molar-refractivity contribution < 1.29 is 33.4 Å². The number of ether oxygens (including phenoxy) is 2. The second kappa shape index (κ2) is 12.5. The topological polar surface area (TPSA) is 114 Å². The Labute approximate surface area is 294 Å². The lowest BCUT2D eigenvalue weighted by atomic mass is 9.34. The number of aliphatic hydroxyl groups excluding tert-OH is 1. The van der Waals surface area contributed by atoms with Gasteiger partial charge in [0.2, 0.25) is 5.78 Å². The average molecular weight is 682 g/mol. The second-order valence-electron chi connectivity index (χ2n) is 16.4. The normalized spacial score (nSPS) is 34.8. The molecule has 6 atom stereocenters. The molecule has 50 heavy (non-hydrogen) atoms. The zero-order valence-electron chi connectivity index (χ0n) is 30.1. The van der Waals surface area contributed by atoms with Gasteiger partial charge >= 0.3 is 11.9 Å². The summed E-state index contributed by atoms with van der Waals surface area (Å²) in [4.78, 5) is 38.9. The molecule has 0 amide bonds. The predicted molar refractivity (Wildman–Crippen MR) is 187 cm³/mol. The summed E-state index contributed by atoms with van der Waals surface area (Å²) in [5, 5.41) is 19.8. The molecule has 0 heterocycles. The van der Waals surface area contributed by atoms with Crippen molar-refractivity contribution in [2.24, 2.45) is 33.0 Å². The van der Waals surface area contributed by atoms with E-state index in [1.807, 2.05) is 19.9 Å². The van der Waals surface area contributed by atoms with Crippen LogP contribution >= 0.6 is 0 Å². The number of fused-ring (bicyclic) bond motifs is 7. The highest BCUT2D eigenvalue weighted by molar-refractivity contribution is 6.06. The Morgan fingerprint density at radius 3 is 2.36 bits per heavy atom. The quantitative estimate of drug-likeness (QED) is 0.132. The molecule has 3 saturated carbocycles. The molecule has 1 N–H and O–H groups in total. The van der Waals surface area contributed by atoms with Crippen molar-refractivity contribution in [2.75, 3.05) is 13.2 Å². The van der Waals surface area contributed by atoms with Gasteiger partial charge < -0.3 is 14.6 Å². The maximum atomic E-state index is 13.7. The number of benzene rings is 1. The van der Waals surface area contributed by atoms with Gasteiger partial charge in [-0.05, 0) is 116 Å². The standard InChI is InChI=1S/C42H48FNO6/c1-26-30-12-13-33-40(4,31(30)23-32(45)36(26)47)17-19-42(6)34-24-39(3,15-14-38(34,2)16-18-41(33,42)5)37(48)50-21-7-20-49-35(46)22-28(25-44)27-8-10-29(43)11-9-27/h8-13,22-23,34,47H,7,14-21,24H2,1-6H3/t34-,38-,39-,40+,41-,42+/m1/s1. The fraction of sp³-hybridized carbons (Fsp3) is 0.524. The molecule has 0 bridgehead atoms. The van der Waals surface area contributed by atoms with Crippen LogP contribution in [0, 0.1) is 50.1 Å². The van der Waals surface area contributed by atoms with Crippen LogP contribution in [0.2, 0.25) is 0 Å². The largest absolute Gasteiger partial charge is 0.504 e. The third-order valence-corrected chi connectivity index (χ3v) is 13.7. The van der Waals surface area contributed by atoms with Crippen LogP contribution in [0.25, 0.3) is 5.57 Å². The number of carbonyl (C=O) groups excluding carboxylic acids is 3. The zero-order valence-corrected chi connectivity index (χ0v) is 30.1. The van der Waals surface area contributed by atoms with E-state index in [4.69, 9.17) is 9.47 Å². The molecule has 8 heteroatoms. The number of nitrogens with zero attached hydrogens (tertiary/aromatic N) is 1. The molecule has 3 fully saturated rings. The zero-order chi connectivity index (χ0) is 36.3. The molecular formula is C42H48FNO6. The number of ketones is 1. The minimum Gasteiger partial charge on any atom is -0.504 e. The molecule has 5 aliphatic carbocycles. The van der Waals surface area contributed by atoms with Gasteiger partial charge in [0.1, 0.15) is 11.9 Å². The van der Waals surface area contributed by atoms with Crippen LogP contribution in [0.1, 0.15) is 98.5 Å². The molecule has 0 spiro atoms. The third kappa shape index (κ3) is 5.58. The summed E-state index contributed by atoms with van der Waals surface area (Å²) >= 11 is 0. The first-order valence-electron chi connectivity index (χ1n) is 17.8. The van der Waals surface area contributed by atoms with E-state index in [2.05, 4.69) is 39.8 Å². The fourth-order valence-corrected chi connectivity index (χ4v) is 10.2. The van der Waals surface area contributed by atoms with Crippen molar-refractivity contribution >= 4 is 23.3 Å². The summed E-state index contributed by atoms with van der Waals surface area (Å²) in [5.74, 6) is -1.55. The Kier molecular flexibility index (Phi) is 8.90. The number of hydrogen-bond donors (Lipinski definition) is 1. The second-order valence-corrected chi connectivity index (χ2v) is 16.4. The fourth-order valence-electron chi connectivity index (χ4n) is 10.2. The molecular weight excluding hydrogens is 633 g/mol. The van der Waals surface area contributed by atoms with Crippen LogP contribution < -0.4 is 0 Å². The van der Waals surface area contributed by atoms with Gasteiger partial charge in [0, 0.05) is 23.5 Å².